The van der Waals surface area contributed by atoms with E-state index in [1.165, 1.54) is 6.20 Å². The molecule has 1 aliphatic rings. The van der Waals surface area contributed by atoms with Crippen molar-refractivity contribution in [2.75, 3.05) is 10.2 Å². The minimum absolute atomic E-state index is 0.00902. The molecule has 9 heteroatoms. The van der Waals surface area contributed by atoms with E-state index in [0.29, 0.717) is 17.3 Å². The van der Waals surface area contributed by atoms with Crippen LogP contribution in [0.1, 0.15) is 66.7 Å². The van der Waals surface area contributed by atoms with Gasteiger partial charge in [0.15, 0.2) is 5.82 Å². The maximum Gasteiger partial charge on any atom is 0.348 e. The van der Waals surface area contributed by atoms with Crippen LogP contribution in [0.3, 0.4) is 0 Å². The minimum Gasteiger partial charge on any atom is -0.477 e. The summed E-state index contributed by atoms with van der Waals surface area (Å²) in [6, 6.07) is 8.79. The fourth-order valence-electron chi connectivity index (χ4n) is 4.51. The Balaban J connectivity index is 1.59. The maximum atomic E-state index is 13.5. The SMILES string of the molecule is CC1CCC(C(=O)N(c2cc(-c3ccc(NC(=O)c4ncc[nH]4)cc3)sc2C(=O)O)C(C)C)CC1. The number of amides is 2. The van der Waals surface area contributed by atoms with Crippen molar-refractivity contribution in [1.29, 1.82) is 0 Å². The Kier molecular flexibility index (Phi) is 7.35. The largest absolute Gasteiger partial charge is 0.477 e. The summed E-state index contributed by atoms with van der Waals surface area (Å²) in [7, 11) is 0. The lowest BCUT2D eigenvalue weighted by Gasteiger charge is -2.33. The van der Waals surface area contributed by atoms with E-state index in [4.69, 9.17) is 0 Å². The fraction of sp³-hybridized carbons (Fsp3) is 0.385. The molecular formula is C26H30N4O4S. The monoisotopic (exact) mass is 494 g/mol. The topological polar surface area (TPSA) is 115 Å². The highest BCUT2D eigenvalue weighted by molar-refractivity contribution is 7.18. The van der Waals surface area contributed by atoms with Gasteiger partial charge in [0.1, 0.15) is 4.88 Å². The van der Waals surface area contributed by atoms with Gasteiger partial charge in [-0.05, 0) is 69.2 Å². The van der Waals surface area contributed by atoms with Gasteiger partial charge in [-0.1, -0.05) is 19.1 Å². The molecule has 0 bridgehead atoms. The number of carbonyl (C=O) groups excluding carboxylic acids is 2. The number of rotatable bonds is 7. The second-order valence-corrected chi connectivity index (χ2v) is 10.4. The number of benzene rings is 1. The maximum absolute atomic E-state index is 13.5. The highest BCUT2D eigenvalue weighted by atomic mass is 32.1. The molecule has 0 spiro atoms. The number of carboxylic acids is 1. The number of H-pyrrole nitrogens is 1. The van der Waals surface area contributed by atoms with Crippen LogP contribution in [0.2, 0.25) is 0 Å². The lowest BCUT2D eigenvalue weighted by atomic mass is 9.82. The Hall–Kier alpha value is -3.46. The zero-order chi connectivity index (χ0) is 25.1. The molecule has 0 atom stereocenters. The lowest BCUT2D eigenvalue weighted by molar-refractivity contribution is -0.123. The standard InChI is InChI=1S/C26H30N4O4S/c1-15(2)30(25(32)18-6-4-16(3)5-7-18)20-14-21(35-22(20)26(33)34)17-8-10-19(11-9-17)29-24(31)23-27-12-13-28-23/h8-16,18H,4-7H2,1-3H3,(H,27,28)(H,29,31)(H,33,34). The first-order valence-electron chi connectivity index (χ1n) is 11.9. The van der Waals surface area contributed by atoms with E-state index in [-0.39, 0.29) is 34.5 Å². The van der Waals surface area contributed by atoms with Crippen molar-refractivity contribution in [2.24, 2.45) is 11.8 Å². The Bertz CT molecular complexity index is 1190. The van der Waals surface area contributed by atoms with Crippen LogP contribution < -0.4 is 10.2 Å². The number of aromatic carboxylic acids is 1. The van der Waals surface area contributed by atoms with Crippen molar-refractivity contribution in [3.05, 3.63) is 53.4 Å². The molecule has 1 aliphatic carbocycles. The van der Waals surface area contributed by atoms with Crippen LogP contribution in [0.15, 0.2) is 42.7 Å². The number of thiophene rings is 1. The van der Waals surface area contributed by atoms with E-state index in [1.807, 2.05) is 26.0 Å². The zero-order valence-electron chi connectivity index (χ0n) is 20.1. The van der Waals surface area contributed by atoms with Crippen molar-refractivity contribution in [3.63, 3.8) is 0 Å². The van der Waals surface area contributed by atoms with E-state index in [1.54, 1.807) is 29.3 Å². The first-order valence-corrected chi connectivity index (χ1v) is 12.7. The highest BCUT2D eigenvalue weighted by Gasteiger charge is 2.33. The summed E-state index contributed by atoms with van der Waals surface area (Å²) in [4.78, 5) is 47.1. The zero-order valence-corrected chi connectivity index (χ0v) is 20.9. The molecule has 184 valence electrons. The van der Waals surface area contributed by atoms with Gasteiger partial charge in [-0.15, -0.1) is 11.3 Å². The summed E-state index contributed by atoms with van der Waals surface area (Å²) < 4.78 is 0. The van der Waals surface area contributed by atoms with Crippen LogP contribution in [0.5, 0.6) is 0 Å². The molecule has 1 aromatic carbocycles. The average molecular weight is 495 g/mol. The molecule has 0 radical (unpaired) electrons. The summed E-state index contributed by atoms with van der Waals surface area (Å²) >= 11 is 1.15. The van der Waals surface area contributed by atoms with E-state index < -0.39 is 5.97 Å². The molecule has 2 heterocycles. The van der Waals surface area contributed by atoms with Gasteiger partial charge in [0.05, 0.1) is 5.69 Å². The third-order valence-electron chi connectivity index (χ3n) is 6.43. The van der Waals surface area contributed by atoms with Crippen LogP contribution in [0, 0.1) is 11.8 Å². The summed E-state index contributed by atoms with van der Waals surface area (Å²) in [5, 5.41) is 12.7. The fourth-order valence-corrected chi connectivity index (χ4v) is 5.50. The number of aromatic nitrogens is 2. The molecule has 3 aromatic rings. The van der Waals surface area contributed by atoms with Crippen molar-refractivity contribution in [1.82, 2.24) is 9.97 Å². The molecule has 2 amide bonds. The third-order valence-corrected chi connectivity index (χ3v) is 7.59. The van der Waals surface area contributed by atoms with Gasteiger partial charge in [-0.2, -0.15) is 0 Å². The number of carbonyl (C=O) groups is 3. The average Bonchev–Trinajstić information content (AvgIpc) is 3.51. The van der Waals surface area contributed by atoms with Gasteiger partial charge < -0.3 is 20.3 Å². The molecule has 4 rings (SSSR count). The van der Waals surface area contributed by atoms with E-state index in [0.717, 1.165) is 47.5 Å². The number of imidazole rings is 1. The number of carboxylic acid groups (broad SMARTS) is 1. The van der Waals surface area contributed by atoms with Crippen LogP contribution in [0.25, 0.3) is 10.4 Å². The Labute approximate surface area is 208 Å². The van der Waals surface area contributed by atoms with E-state index in [2.05, 4.69) is 22.2 Å². The van der Waals surface area contributed by atoms with Crippen LogP contribution >= 0.6 is 11.3 Å². The van der Waals surface area contributed by atoms with Gasteiger partial charge >= 0.3 is 5.97 Å². The number of nitrogens with zero attached hydrogens (tertiary/aromatic N) is 2. The summed E-state index contributed by atoms with van der Waals surface area (Å²) in [6.07, 6.45) is 6.80. The first kappa shape index (κ1) is 24.7. The lowest BCUT2D eigenvalue weighted by Crippen LogP contribution is -2.42. The molecule has 3 N–H and O–H groups in total. The summed E-state index contributed by atoms with van der Waals surface area (Å²) in [6.45, 7) is 6.05. The quantitative estimate of drug-likeness (QED) is 0.392. The second-order valence-electron chi connectivity index (χ2n) is 9.36. The molecule has 2 aromatic heterocycles. The van der Waals surface area contributed by atoms with Gasteiger partial charge in [-0.25, -0.2) is 9.78 Å². The second kappa shape index (κ2) is 10.4. The molecule has 35 heavy (non-hydrogen) atoms. The van der Waals surface area contributed by atoms with Crippen molar-refractivity contribution in [3.8, 4) is 10.4 Å². The highest BCUT2D eigenvalue weighted by Crippen LogP contribution is 2.40. The van der Waals surface area contributed by atoms with Crippen molar-refractivity contribution < 1.29 is 19.5 Å². The van der Waals surface area contributed by atoms with Crippen LogP contribution in [-0.4, -0.2) is 38.9 Å². The normalized spacial score (nSPS) is 17.8. The van der Waals surface area contributed by atoms with E-state index >= 15 is 0 Å². The molecule has 0 aliphatic heterocycles. The smallest absolute Gasteiger partial charge is 0.348 e. The molecule has 1 fully saturated rings. The Morgan fingerprint density at radius 1 is 1.14 bits per heavy atom. The Morgan fingerprint density at radius 3 is 2.40 bits per heavy atom. The first-order chi connectivity index (χ1) is 16.7. The molecule has 0 unspecified atom stereocenters. The van der Waals surface area contributed by atoms with Crippen molar-refractivity contribution >= 4 is 40.5 Å². The van der Waals surface area contributed by atoms with E-state index in [9.17, 15) is 19.5 Å². The molecule has 1 saturated carbocycles. The van der Waals surface area contributed by atoms with Crippen LogP contribution in [-0.2, 0) is 4.79 Å². The number of hydrogen-bond donors (Lipinski definition) is 3. The summed E-state index contributed by atoms with van der Waals surface area (Å²) in [5.74, 6) is -0.619. The minimum atomic E-state index is -1.05. The Morgan fingerprint density at radius 2 is 1.83 bits per heavy atom. The van der Waals surface area contributed by atoms with Gasteiger partial charge in [0.2, 0.25) is 5.91 Å². The molecular weight excluding hydrogens is 464 g/mol. The van der Waals surface area contributed by atoms with Gasteiger partial charge in [0.25, 0.3) is 5.91 Å². The molecule has 8 nitrogen and oxygen atoms in total. The van der Waals surface area contributed by atoms with Gasteiger partial charge in [0, 0.05) is 34.9 Å². The third kappa shape index (κ3) is 5.45. The molecule has 0 saturated heterocycles. The number of aromatic amines is 1. The summed E-state index contributed by atoms with van der Waals surface area (Å²) in [5.41, 5.74) is 1.85. The predicted molar refractivity (Wildman–Crippen MR) is 137 cm³/mol. The van der Waals surface area contributed by atoms with Gasteiger partial charge in [-0.3, -0.25) is 9.59 Å². The number of anilines is 2. The van der Waals surface area contributed by atoms with Crippen LogP contribution in [0.4, 0.5) is 11.4 Å². The number of hydrogen-bond acceptors (Lipinski definition) is 5. The predicted octanol–water partition coefficient (Wildman–Crippen LogP) is 5.66. The number of nitrogens with one attached hydrogen (secondary N) is 2. The van der Waals surface area contributed by atoms with Crippen molar-refractivity contribution in [2.45, 2.75) is 52.5 Å².